The van der Waals surface area contributed by atoms with E-state index in [0.717, 1.165) is 10.5 Å². The first-order valence-corrected chi connectivity index (χ1v) is 16.7. The van der Waals surface area contributed by atoms with Crippen LogP contribution in [0.15, 0.2) is 57.1 Å². The zero-order chi connectivity index (χ0) is 30.9. The first-order valence-electron chi connectivity index (χ1n) is 13.7. The first-order chi connectivity index (χ1) is 20.5. The van der Waals surface area contributed by atoms with Crippen molar-refractivity contribution in [2.45, 2.75) is 42.1 Å². The Morgan fingerprint density at radius 3 is 2.58 bits per heavy atom. The summed E-state index contributed by atoms with van der Waals surface area (Å²) in [6, 6.07) is 11.0. The lowest BCUT2D eigenvalue weighted by Crippen LogP contribution is -2.46. The molecule has 2 aliphatic heterocycles. The topological polar surface area (TPSA) is 139 Å². The Kier molecular flexibility index (Phi) is 9.04. The summed E-state index contributed by atoms with van der Waals surface area (Å²) in [6.45, 7) is 2.56. The minimum absolute atomic E-state index is 0.0950. The lowest BCUT2D eigenvalue weighted by molar-refractivity contribution is -0.129. The highest BCUT2D eigenvalue weighted by Gasteiger charge is 2.38. The number of amides is 2. The van der Waals surface area contributed by atoms with E-state index in [2.05, 4.69) is 4.98 Å². The van der Waals surface area contributed by atoms with Gasteiger partial charge in [0.1, 0.15) is 11.6 Å². The Morgan fingerprint density at radius 1 is 1.14 bits per heavy atom. The zero-order valence-corrected chi connectivity index (χ0v) is 26.0. The predicted molar refractivity (Wildman–Crippen MR) is 162 cm³/mol. The van der Waals surface area contributed by atoms with E-state index < -0.39 is 33.1 Å². The molecule has 2 aromatic carbocycles. The largest absolute Gasteiger partial charge is 0.501 e. The van der Waals surface area contributed by atoms with Crippen molar-refractivity contribution in [3.8, 4) is 11.5 Å². The number of hydrogen-bond donors (Lipinski definition) is 1. The van der Waals surface area contributed by atoms with Crippen molar-refractivity contribution in [3.05, 3.63) is 74.9 Å². The van der Waals surface area contributed by atoms with Crippen LogP contribution in [0.3, 0.4) is 0 Å². The van der Waals surface area contributed by atoms with Crippen LogP contribution in [-0.2, 0) is 21.2 Å². The number of nitrogens with zero attached hydrogens (tertiary/aromatic N) is 4. The molecule has 1 saturated heterocycles. The van der Waals surface area contributed by atoms with Crippen molar-refractivity contribution < 1.29 is 27.9 Å². The van der Waals surface area contributed by atoms with Crippen LogP contribution in [0.25, 0.3) is 0 Å². The van der Waals surface area contributed by atoms with Gasteiger partial charge in [0.05, 0.1) is 34.6 Å². The lowest BCUT2D eigenvalue weighted by atomic mass is 10.1. The number of fused-ring (bicyclic) bond motifs is 1. The van der Waals surface area contributed by atoms with Gasteiger partial charge < -0.3 is 24.2 Å². The van der Waals surface area contributed by atoms with E-state index in [1.54, 1.807) is 23.1 Å². The van der Waals surface area contributed by atoms with Crippen LogP contribution in [0, 0.1) is 6.92 Å². The molecule has 0 aliphatic carbocycles. The number of rotatable bonds is 9. The van der Waals surface area contributed by atoms with Crippen molar-refractivity contribution in [2.24, 2.45) is 0 Å². The van der Waals surface area contributed by atoms with Crippen molar-refractivity contribution in [1.82, 2.24) is 19.4 Å². The monoisotopic (exact) mass is 646 g/mol. The Labute approximate surface area is 258 Å². The van der Waals surface area contributed by atoms with Gasteiger partial charge in [-0.2, -0.15) is 4.98 Å². The fourth-order valence-electron chi connectivity index (χ4n) is 5.43. The molecule has 0 unspecified atom stereocenters. The quantitative estimate of drug-likeness (QED) is 0.347. The minimum atomic E-state index is -3.72. The Morgan fingerprint density at radius 2 is 1.88 bits per heavy atom. The number of ether oxygens (including phenoxy) is 1. The summed E-state index contributed by atoms with van der Waals surface area (Å²) < 4.78 is 32.4. The number of methoxy groups -OCH3 is 1. The molecule has 0 radical (unpaired) electrons. The molecule has 1 fully saturated rings. The van der Waals surface area contributed by atoms with Crippen LogP contribution in [0.2, 0.25) is 5.02 Å². The number of sulfone groups is 1. The number of carbonyl (C=O) groups is 2. The number of benzene rings is 2. The molecule has 11 nitrogen and oxygen atoms in total. The second-order valence-corrected chi connectivity index (χ2v) is 13.8. The van der Waals surface area contributed by atoms with E-state index in [4.69, 9.17) is 16.3 Å². The maximum atomic E-state index is 13.5. The van der Waals surface area contributed by atoms with Gasteiger partial charge >= 0.3 is 5.56 Å². The average molecular weight is 647 g/mol. The molecule has 2 aliphatic rings. The second-order valence-electron chi connectivity index (χ2n) is 10.3. The Hall–Kier alpha value is -3.55. The van der Waals surface area contributed by atoms with E-state index in [1.807, 2.05) is 19.1 Å². The summed E-state index contributed by atoms with van der Waals surface area (Å²) in [6.07, 6.45) is 1.22. The molecule has 0 spiro atoms. The third kappa shape index (κ3) is 6.24. The van der Waals surface area contributed by atoms with Crippen molar-refractivity contribution in [1.29, 1.82) is 0 Å². The predicted octanol–water partition coefficient (Wildman–Crippen LogP) is 3.30. The third-order valence-electron chi connectivity index (χ3n) is 7.70. The summed E-state index contributed by atoms with van der Waals surface area (Å²) >= 11 is 7.67. The molecule has 5 rings (SSSR count). The van der Waals surface area contributed by atoms with Crippen LogP contribution in [0.4, 0.5) is 0 Å². The van der Waals surface area contributed by atoms with Gasteiger partial charge in [-0.05, 0) is 55.7 Å². The van der Waals surface area contributed by atoms with Crippen LogP contribution >= 0.6 is 23.4 Å². The van der Waals surface area contributed by atoms with Gasteiger partial charge in [-0.25, -0.2) is 8.42 Å². The van der Waals surface area contributed by atoms with Gasteiger partial charge in [0.25, 0.3) is 5.91 Å². The number of thioether (sulfide) groups is 1. The van der Waals surface area contributed by atoms with E-state index in [-0.39, 0.29) is 53.5 Å². The highest BCUT2D eigenvalue weighted by molar-refractivity contribution is 8.00. The minimum Gasteiger partial charge on any atom is -0.501 e. The van der Waals surface area contributed by atoms with Gasteiger partial charge in [0, 0.05) is 31.1 Å². The van der Waals surface area contributed by atoms with Crippen LogP contribution in [0.1, 0.15) is 40.8 Å². The molecule has 0 bridgehead atoms. The van der Waals surface area contributed by atoms with E-state index in [0.29, 0.717) is 30.2 Å². The molecule has 1 atom stereocenters. The fourth-order valence-corrected chi connectivity index (χ4v) is 7.99. The highest BCUT2D eigenvalue weighted by Crippen LogP contribution is 2.35. The van der Waals surface area contributed by atoms with Crippen LogP contribution in [0.5, 0.6) is 11.5 Å². The summed E-state index contributed by atoms with van der Waals surface area (Å²) in [7, 11) is -2.24. The van der Waals surface area contributed by atoms with Gasteiger partial charge in [-0.3, -0.25) is 14.4 Å². The maximum absolute atomic E-state index is 13.5. The molecule has 43 heavy (non-hydrogen) atoms. The molecular formula is C29H31ClN4O7S2. The average Bonchev–Trinajstić information content (AvgIpc) is 3.48. The molecule has 3 aromatic rings. The summed E-state index contributed by atoms with van der Waals surface area (Å²) in [4.78, 5) is 47.6. The van der Waals surface area contributed by atoms with E-state index in [1.165, 1.54) is 40.5 Å². The summed E-state index contributed by atoms with van der Waals surface area (Å²) in [5.74, 6) is -1.08. The number of aromatic hydroxyl groups is 1. The van der Waals surface area contributed by atoms with Crippen molar-refractivity contribution in [2.75, 3.05) is 38.2 Å². The lowest BCUT2D eigenvalue weighted by Gasteiger charge is -2.33. The van der Waals surface area contributed by atoms with Crippen LogP contribution in [-0.4, -0.2) is 82.9 Å². The molecule has 14 heteroatoms. The number of halogens is 1. The molecule has 1 N–H and O–H groups in total. The van der Waals surface area contributed by atoms with E-state index in [9.17, 15) is 27.9 Å². The third-order valence-corrected chi connectivity index (χ3v) is 11.1. The normalized spacial score (nSPS) is 16.8. The SMILES string of the molecule is COc1ccc(S(=O)(=O)CCN2CCn3c([C@@H]4CCCN4C(=O)CSc4c(C)cccc4Cl)nc(=O)c(O)c3C2=O)cc1. The fraction of sp³-hybridized carbons (Fsp3) is 0.379. The number of hydrogen-bond acceptors (Lipinski definition) is 9. The molecule has 1 aromatic heterocycles. The molecule has 0 saturated carbocycles. The summed E-state index contributed by atoms with van der Waals surface area (Å²) in [5, 5.41) is 11.2. The standard InChI is InChI=1S/C29H31ClN4O7S2/c1-18-5-3-6-21(30)26(18)42-17-23(35)33-12-4-7-22(33)27-31-28(37)25(36)24-29(38)32(13-14-34(24)27)15-16-43(39,40)20-10-8-19(41-2)9-11-20/h3,5-6,8-11,22,36H,4,7,12-17H2,1-2H3/t22-/m0/s1. The van der Waals surface area contributed by atoms with Crippen LogP contribution < -0.4 is 10.3 Å². The molecule has 228 valence electrons. The Balaban J connectivity index is 1.34. The number of aromatic nitrogens is 2. The second kappa shape index (κ2) is 12.6. The van der Waals surface area contributed by atoms with Gasteiger partial charge in [0.15, 0.2) is 15.5 Å². The van der Waals surface area contributed by atoms with Crippen molar-refractivity contribution >= 4 is 45.0 Å². The molecule has 3 heterocycles. The van der Waals surface area contributed by atoms with Gasteiger partial charge in [-0.15, -0.1) is 11.8 Å². The Bertz CT molecular complexity index is 1710. The first kappa shape index (κ1) is 30.9. The maximum Gasteiger partial charge on any atom is 0.315 e. The number of likely N-dealkylation sites (tertiary alicyclic amines) is 1. The number of aryl methyl sites for hydroxylation is 1. The molecule has 2 amide bonds. The van der Waals surface area contributed by atoms with E-state index >= 15 is 0 Å². The zero-order valence-electron chi connectivity index (χ0n) is 23.7. The highest BCUT2D eigenvalue weighted by atomic mass is 35.5. The number of carbonyl (C=O) groups excluding carboxylic acids is 2. The smallest absolute Gasteiger partial charge is 0.315 e. The van der Waals surface area contributed by atoms with Crippen molar-refractivity contribution in [3.63, 3.8) is 0 Å². The van der Waals surface area contributed by atoms with Gasteiger partial charge in [0.2, 0.25) is 11.7 Å². The molecular weight excluding hydrogens is 616 g/mol. The summed E-state index contributed by atoms with van der Waals surface area (Å²) in [5.41, 5.74) is -0.255. The van der Waals surface area contributed by atoms with Gasteiger partial charge in [-0.1, -0.05) is 23.7 Å².